The lowest BCUT2D eigenvalue weighted by Gasteiger charge is -2.13. The predicted octanol–water partition coefficient (Wildman–Crippen LogP) is 3.14. The van der Waals surface area contributed by atoms with Gasteiger partial charge in [0.25, 0.3) is 0 Å². The predicted molar refractivity (Wildman–Crippen MR) is 77.7 cm³/mol. The molecule has 0 radical (unpaired) electrons. The van der Waals surface area contributed by atoms with Crippen molar-refractivity contribution in [2.45, 2.75) is 38.6 Å². The first-order chi connectivity index (χ1) is 10.3. The van der Waals surface area contributed by atoms with Crippen LogP contribution in [0, 0.1) is 5.82 Å². The topological polar surface area (TPSA) is 61.0 Å². The minimum absolute atomic E-state index is 0.0925. The summed E-state index contributed by atoms with van der Waals surface area (Å²) < 4.78 is 19.6. The highest BCUT2D eigenvalue weighted by atomic mass is 19.1. The average Bonchev–Trinajstić information content (AvgIpc) is 2.74. The summed E-state index contributed by atoms with van der Waals surface area (Å²) in [5.74, 6) is 0.611. The van der Waals surface area contributed by atoms with Crippen molar-refractivity contribution in [3.63, 3.8) is 0 Å². The summed E-state index contributed by atoms with van der Waals surface area (Å²) in [6, 6.07) is 4.72. The van der Waals surface area contributed by atoms with Crippen molar-refractivity contribution in [3.8, 4) is 11.6 Å². The smallest absolute Gasteiger partial charge is 0.225 e. The number of benzene rings is 1. The van der Waals surface area contributed by atoms with Gasteiger partial charge in [-0.05, 0) is 37.8 Å². The van der Waals surface area contributed by atoms with Gasteiger partial charge in [-0.25, -0.2) is 14.4 Å². The van der Waals surface area contributed by atoms with Gasteiger partial charge in [-0.15, -0.1) is 0 Å². The van der Waals surface area contributed by atoms with Gasteiger partial charge in [-0.2, -0.15) is 0 Å². The largest absolute Gasteiger partial charge is 0.438 e. The standard InChI is InChI=1S/C16H18FN3O/c17-13-6-4-8-15(12(13)9-18)21-16-11-5-2-1-3-7-14(11)19-10-20-16/h4,6,8,10H,1-3,5,7,9,18H2. The van der Waals surface area contributed by atoms with Crippen LogP contribution in [-0.4, -0.2) is 9.97 Å². The number of hydrogen-bond donors (Lipinski definition) is 1. The molecule has 0 unspecified atom stereocenters. The minimum atomic E-state index is -0.352. The number of halogens is 1. The zero-order chi connectivity index (χ0) is 14.7. The van der Waals surface area contributed by atoms with Gasteiger partial charge >= 0.3 is 0 Å². The van der Waals surface area contributed by atoms with Gasteiger partial charge < -0.3 is 10.5 Å². The van der Waals surface area contributed by atoms with Crippen LogP contribution < -0.4 is 10.5 Å². The first-order valence-corrected chi connectivity index (χ1v) is 7.27. The molecule has 3 rings (SSSR count). The maximum atomic E-state index is 13.8. The quantitative estimate of drug-likeness (QED) is 0.881. The van der Waals surface area contributed by atoms with Gasteiger partial charge in [0.15, 0.2) is 0 Å². The van der Waals surface area contributed by atoms with E-state index in [2.05, 4.69) is 9.97 Å². The molecule has 0 spiro atoms. The van der Waals surface area contributed by atoms with E-state index in [1.165, 1.54) is 18.8 Å². The molecule has 1 aliphatic carbocycles. The first kappa shape index (κ1) is 13.9. The summed E-state index contributed by atoms with van der Waals surface area (Å²) >= 11 is 0. The van der Waals surface area contributed by atoms with Crippen LogP contribution >= 0.6 is 0 Å². The fourth-order valence-corrected chi connectivity index (χ4v) is 2.69. The Labute approximate surface area is 123 Å². The molecule has 0 atom stereocenters. The SMILES string of the molecule is NCc1c(F)cccc1Oc1ncnc2c1CCCCC2. The molecule has 0 bridgehead atoms. The zero-order valence-electron chi connectivity index (χ0n) is 11.8. The second-order valence-corrected chi connectivity index (χ2v) is 5.19. The van der Waals surface area contributed by atoms with Crippen LogP contribution in [0.1, 0.15) is 36.1 Å². The maximum absolute atomic E-state index is 13.8. The highest BCUT2D eigenvalue weighted by Gasteiger charge is 2.17. The Bertz CT molecular complexity index is 645. The van der Waals surface area contributed by atoms with E-state index < -0.39 is 0 Å². The lowest BCUT2D eigenvalue weighted by molar-refractivity contribution is 0.441. The molecule has 0 aliphatic heterocycles. The molecule has 1 heterocycles. The zero-order valence-corrected chi connectivity index (χ0v) is 11.8. The molecular formula is C16H18FN3O. The summed E-state index contributed by atoms with van der Waals surface area (Å²) in [5.41, 5.74) is 8.08. The fourth-order valence-electron chi connectivity index (χ4n) is 2.69. The number of hydrogen-bond acceptors (Lipinski definition) is 4. The Hall–Kier alpha value is -2.01. The van der Waals surface area contributed by atoms with Gasteiger partial charge in [0.05, 0.1) is 5.69 Å². The number of nitrogens with two attached hydrogens (primary N) is 1. The molecule has 4 nitrogen and oxygen atoms in total. The van der Waals surface area contributed by atoms with Crippen LogP contribution in [0.3, 0.4) is 0 Å². The Morgan fingerprint density at radius 1 is 1.14 bits per heavy atom. The lowest BCUT2D eigenvalue weighted by Crippen LogP contribution is -2.05. The van der Waals surface area contributed by atoms with E-state index in [4.69, 9.17) is 10.5 Å². The van der Waals surface area contributed by atoms with Crippen LogP contribution in [-0.2, 0) is 19.4 Å². The molecule has 1 aromatic carbocycles. The number of fused-ring (bicyclic) bond motifs is 1. The minimum Gasteiger partial charge on any atom is -0.438 e. The van der Waals surface area contributed by atoms with Crippen molar-refractivity contribution in [3.05, 3.63) is 47.2 Å². The normalized spacial score (nSPS) is 14.4. The van der Waals surface area contributed by atoms with Crippen molar-refractivity contribution >= 4 is 0 Å². The van der Waals surface area contributed by atoms with Crippen molar-refractivity contribution in [2.75, 3.05) is 0 Å². The van der Waals surface area contributed by atoms with Crippen LogP contribution in [0.25, 0.3) is 0 Å². The van der Waals surface area contributed by atoms with Crippen LogP contribution in [0.2, 0.25) is 0 Å². The summed E-state index contributed by atoms with van der Waals surface area (Å²) in [6.07, 6.45) is 6.78. The third kappa shape index (κ3) is 2.88. The van der Waals surface area contributed by atoms with Gasteiger partial charge in [0, 0.05) is 17.7 Å². The van der Waals surface area contributed by atoms with E-state index in [1.807, 2.05) is 0 Å². The van der Waals surface area contributed by atoms with Gasteiger partial charge in [-0.3, -0.25) is 0 Å². The molecule has 0 saturated heterocycles. The summed E-state index contributed by atoms with van der Waals surface area (Å²) in [5, 5.41) is 0. The number of ether oxygens (including phenoxy) is 1. The lowest BCUT2D eigenvalue weighted by atomic mass is 10.1. The second-order valence-electron chi connectivity index (χ2n) is 5.19. The van der Waals surface area contributed by atoms with E-state index in [-0.39, 0.29) is 12.4 Å². The van der Waals surface area contributed by atoms with Crippen molar-refractivity contribution in [2.24, 2.45) is 5.73 Å². The number of aryl methyl sites for hydroxylation is 1. The molecule has 2 N–H and O–H groups in total. The highest BCUT2D eigenvalue weighted by molar-refractivity contribution is 5.40. The van der Waals surface area contributed by atoms with E-state index >= 15 is 0 Å². The molecule has 5 heteroatoms. The van der Waals surface area contributed by atoms with Crippen molar-refractivity contribution in [1.29, 1.82) is 0 Å². The molecule has 0 amide bonds. The fraction of sp³-hybridized carbons (Fsp3) is 0.375. The summed E-state index contributed by atoms with van der Waals surface area (Å²) in [7, 11) is 0. The van der Waals surface area contributed by atoms with Gasteiger partial charge in [-0.1, -0.05) is 12.5 Å². The number of rotatable bonds is 3. The van der Waals surface area contributed by atoms with Crippen LogP contribution in [0.5, 0.6) is 11.6 Å². The second kappa shape index (κ2) is 6.18. The summed E-state index contributed by atoms with van der Waals surface area (Å²) in [6.45, 7) is 0.0925. The molecule has 0 fully saturated rings. The van der Waals surface area contributed by atoms with E-state index in [9.17, 15) is 4.39 Å². The molecular weight excluding hydrogens is 269 g/mol. The number of nitrogens with zero attached hydrogens (tertiary/aromatic N) is 2. The molecule has 1 aromatic heterocycles. The molecule has 0 saturated carbocycles. The Kier molecular flexibility index (Phi) is 4.10. The maximum Gasteiger partial charge on any atom is 0.225 e. The monoisotopic (exact) mass is 287 g/mol. The molecule has 2 aromatic rings. The van der Waals surface area contributed by atoms with Crippen LogP contribution in [0.4, 0.5) is 4.39 Å². The third-order valence-electron chi connectivity index (χ3n) is 3.82. The van der Waals surface area contributed by atoms with Gasteiger partial charge in [0.1, 0.15) is 17.9 Å². The first-order valence-electron chi connectivity index (χ1n) is 7.27. The van der Waals surface area contributed by atoms with Crippen molar-refractivity contribution in [1.82, 2.24) is 9.97 Å². The molecule has 110 valence electrons. The van der Waals surface area contributed by atoms with E-state index in [0.717, 1.165) is 36.9 Å². The molecule has 1 aliphatic rings. The van der Waals surface area contributed by atoms with Gasteiger partial charge in [0.2, 0.25) is 5.88 Å². The Balaban J connectivity index is 1.97. The molecule has 21 heavy (non-hydrogen) atoms. The highest BCUT2D eigenvalue weighted by Crippen LogP contribution is 2.31. The van der Waals surface area contributed by atoms with Crippen LogP contribution in [0.15, 0.2) is 24.5 Å². The average molecular weight is 287 g/mol. The summed E-state index contributed by atoms with van der Waals surface area (Å²) in [4.78, 5) is 8.59. The Morgan fingerprint density at radius 2 is 2.00 bits per heavy atom. The van der Waals surface area contributed by atoms with E-state index in [0.29, 0.717) is 17.2 Å². The number of aromatic nitrogens is 2. The van der Waals surface area contributed by atoms with Crippen molar-refractivity contribution < 1.29 is 9.13 Å². The van der Waals surface area contributed by atoms with E-state index in [1.54, 1.807) is 12.1 Å². The Morgan fingerprint density at radius 3 is 2.86 bits per heavy atom. The third-order valence-corrected chi connectivity index (χ3v) is 3.82.